The van der Waals surface area contributed by atoms with E-state index in [1.165, 1.54) is 23.8 Å². The number of rotatable bonds is 5. The van der Waals surface area contributed by atoms with E-state index in [0.717, 1.165) is 37.1 Å². The summed E-state index contributed by atoms with van der Waals surface area (Å²) in [5, 5.41) is 11.9. The maximum atomic E-state index is 6.35. The van der Waals surface area contributed by atoms with Gasteiger partial charge in [-0.15, -0.1) is 0 Å². The van der Waals surface area contributed by atoms with Crippen LogP contribution in [0.15, 0.2) is 18.3 Å². The molecular weight excluding hydrogens is 262 g/mol. The average molecular weight is 287 g/mol. The zero-order valence-corrected chi connectivity index (χ0v) is 13.0. The van der Waals surface area contributed by atoms with Crippen molar-refractivity contribution in [2.75, 3.05) is 6.54 Å². The van der Waals surface area contributed by atoms with E-state index >= 15 is 0 Å². The van der Waals surface area contributed by atoms with Crippen LogP contribution in [-0.4, -0.2) is 28.9 Å². The molecule has 1 saturated carbocycles. The van der Waals surface area contributed by atoms with Crippen molar-refractivity contribution >= 4 is 10.9 Å². The smallest absolute Gasteiger partial charge is 0.123 e. The van der Waals surface area contributed by atoms with Crippen LogP contribution in [0.1, 0.15) is 45.1 Å². The second-order valence-corrected chi connectivity index (χ2v) is 5.89. The molecule has 0 amide bonds. The number of nitrogens with one attached hydrogen (secondary N) is 2. The van der Waals surface area contributed by atoms with Crippen LogP contribution < -0.4 is 10.1 Å². The number of hydrogen-bond acceptors (Lipinski definition) is 3. The van der Waals surface area contributed by atoms with Crippen LogP contribution in [0.25, 0.3) is 10.9 Å². The molecule has 1 fully saturated rings. The van der Waals surface area contributed by atoms with Gasteiger partial charge in [-0.2, -0.15) is 5.10 Å². The van der Waals surface area contributed by atoms with Gasteiger partial charge in [0.2, 0.25) is 0 Å². The summed E-state index contributed by atoms with van der Waals surface area (Å²) in [6.45, 7) is 5.39. The number of aryl methyl sites for hydroxylation is 1. The molecule has 3 rings (SSSR count). The maximum absolute atomic E-state index is 6.35. The third-order valence-corrected chi connectivity index (χ3v) is 4.46. The molecule has 0 spiro atoms. The number of benzene rings is 1. The summed E-state index contributed by atoms with van der Waals surface area (Å²) in [6.07, 6.45) is 8.00. The SMILES string of the molecule is CCN[C@H]1CCC[C@@H](Oc2ccc3[nH]ncc3c2CC)C1. The van der Waals surface area contributed by atoms with Gasteiger partial charge >= 0.3 is 0 Å². The van der Waals surface area contributed by atoms with Crippen molar-refractivity contribution in [3.8, 4) is 5.75 Å². The van der Waals surface area contributed by atoms with E-state index in [2.05, 4.69) is 41.5 Å². The summed E-state index contributed by atoms with van der Waals surface area (Å²) in [6, 6.07) is 4.77. The maximum Gasteiger partial charge on any atom is 0.123 e. The van der Waals surface area contributed by atoms with Gasteiger partial charge in [0.1, 0.15) is 11.9 Å². The van der Waals surface area contributed by atoms with Crippen LogP contribution in [-0.2, 0) is 6.42 Å². The standard InChI is InChI=1S/C17H25N3O/c1-3-14-15-11-19-20-16(15)8-9-17(14)21-13-7-5-6-12(10-13)18-4-2/h8-9,11-13,18H,3-7,10H2,1-2H3,(H,19,20)/t12-,13+/m0/s1. The number of hydrogen-bond donors (Lipinski definition) is 2. The predicted molar refractivity (Wildman–Crippen MR) is 85.8 cm³/mol. The van der Waals surface area contributed by atoms with E-state index in [4.69, 9.17) is 4.74 Å². The summed E-state index contributed by atoms with van der Waals surface area (Å²) in [7, 11) is 0. The summed E-state index contributed by atoms with van der Waals surface area (Å²) < 4.78 is 6.35. The Morgan fingerprint density at radius 2 is 2.24 bits per heavy atom. The highest BCUT2D eigenvalue weighted by Gasteiger charge is 2.23. The van der Waals surface area contributed by atoms with Crippen molar-refractivity contribution in [1.82, 2.24) is 15.5 Å². The minimum atomic E-state index is 0.331. The first-order chi connectivity index (χ1) is 10.3. The van der Waals surface area contributed by atoms with Gasteiger partial charge in [-0.1, -0.05) is 13.8 Å². The van der Waals surface area contributed by atoms with Gasteiger partial charge in [-0.3, -0.25) is 5.10 Å². The van der Waals surface area contributed by atoms with Crippen molar-refractivity contribution in [1.29, 1.82) is 0 Å². The molecule has 0 bridgehead atoms. The third-order valence-electron chi connectivity index (χ3n) is 4.46. The number of ether oxygens (including phenoxy) is 1. The predicted octanol–water partition coefficient (Wildman–Crippen LogP) is 3.42. The van der Waals surface area contributed by atoms with Gasteiger partial charge in [0.05, 0.1) is 11.7 Å². The molecule has 2 atom stereocenters. The molecule has 4 heteroatoms. The van der Waals surface area contributed by atoms with Gasteiger partial charge in [-0.05, 0) is 50.8 Å². The lowest BCUT2D eigenvalue weighted by molar-refractivity contribution is 0.134. The average Bonchev–Trinajstić information content (AvgIpc) is 2.96. The molecular formula is C17H25N3O. The van der Waals surface area contributed by atoms with Crippen molar-refractivity contribution < 1.29 is 4.74 Å². The van der Waals surface area contributed by atoms with Gasteiger partial charge in [0.25, 0.3) is 0 Å². The number of H-pyrrole nitrogens is 1. The van der Waals surface area contributed by atoms with Crippen LogP contribution in [0.3, 0.4) is 0 Å². The van der Waals surface area contributed by atoms with Gasteiger partial charge in [-0.25, -0.2) is 0 Å². The minimum absolute atomic E-state index is 0.331. The van der Waals surface area contributed by atoms with E-state index in [0.29, 0.717) is 12.1 Å². The molecule has 0 aliphatic heterocycles. The first-order valence-corrected chi connectivity index (χ1v) is 8.16. The highest BCUT2D eigenvalue weighted by Crippen LogP contribution is 2.31. The van der Waals surface area contributed by atoms with Crippen LogP contribution in [0, 0.1) is 0 Å². The first kappa shape index (κ1) is 14.4. The summed E-state index contributed by atoms with van der Waals surface area (Å²) in [5.41, 5.74) is 2.36. The molecule has 1 aliphatic rings. The molecule has 0 saturated heterocycles. The van der Waals surface area contributed by atoms with Gasteiger partial charge < -0.3 is 10.1 Å². The van der Waals surface area contributed by atoms with Gasteiger partial charge in [0, 0.05) is 17.0 Å². The molecule has 4 nitrogen and oxygen atoms in total. The number of aromatic amines is 1. The Balaban J connectivity index is 1.77. The second kappa shape index (κ2) is 6.48. The highest BCUT2D eigenvalue weighted by molar-refractivity contribution is 5.84. The summed E-state index contributed by atoms with van der Waals surface area (Å²) in [4.78, 5) is 0. The fourth-order valence-corrected chi connectivity index (χ4v) is 3.44. The minimum Gasteiger partial charge on any atom is -0.490 e. The Hall–Kier alpha value is -1.55. The molecule has 114 valence electrons. The molecule has 1 aromatic heterocycles. The largest absolute Gasteiger partial charge is 0.490 e. The summed E-state index contributed by atoms with van der Waals surface area (Å²) in [5.74, 6) is 1.04. The fraction of sp³-hybridized carbons (Fsp3) is 0.588. The lowest BCUT2D eigenvalue weighted by atomic mass is 9.92. The number of nitrogens with zero attached hydrogens (tertiary/aromatic N) is 1. The van der Waals surface area contributed by atoms with Crippen molar-refractivity contribution in [2.24, 2.45) is 0 Å². The Morgan fingerprint density at radius 1 is 1.33 bits per heavy atom. The molecule has 1 aliphatic carbocycles. The Labute approximate surface area is 126 Å². The molecule has 2 N–H and O–H groups in total. The topological polar surface area (TPSA) is 49.9 Å². The lowest BCUT2D eigenvalue weighted by Crippen LogP contribution is -2.38. The van der Waals surface area contributed by atoms with E-state index in [9.17, 15) is 0 Å². The summed E-state index contributed by atoms with van der Waals surface area (Å²) >= 11 is 0. The van der Waals surface area contributed by atoms with Crippen molar-refractivity contribution in [3.05, 3.63) is 23.9 Å². The molecule has 2 aromatic rings. The van der Waals surface area contributed by atoms with E-state index in [1.807, 2.05) is 6.20 Å². The number of aromatic nitrogens is 2. The van der Waals surface area contributed by atoms with Crippen molar-refractivity contribution in [2.45, 2.75) is 58.1 Å². The Morgan fingerprint density at radius 3 is 3.05 bits per heavy atom. The normalized spacial score (nSPS) is 22.6. The van der Waals surface area contributed by atoms with Crippen molar-refractivity contribution in [3.63, 3.8) is 0 Å². The van der Waals surface area contributed by atoms with Crippen LogP contribution in [0.4, 0.5) is 0 Å². The van der Waals surface area contributed by atoms with E-state index < -0.39 is 0 Å². The molecule has 0 unspecified atom stereocenters. The molecule has 0 radical (unpaired) electrons. The molecule has 1 heterocycles. The Bertz CT molecular complexity index is 591. The van der Waals surface area contributed by atoms with Crippen LogP contribution >= 0.6 is 0 Å². The van der Waals surface area contributed by atoms with E-state index in [1.54, 1.807) is 0 Å². The highest BCUT2D eigenvalue weighted by atomic mass is 16.5. The van der Waals surface area contributed by atoms with Gasteiger partial charge in [0.15, 0.2) is 0 Å². The Kier molecular flexibility index (Phi) is 4.44. The fourth-order valence-electron chi connectivity index (χ4n) is 3.44. The first-order valence-electron chi connectivity index (χ1n) is 8.16. The molecule has 21 heavy (non-hydrogen) atoms. The zero-order chi connectivity index (χ0) is 14.7. The number of fused-ring (bicyclic) bond motifs is 1. The van der Waals surface area contributed by atoms with Crippen LogP contribution in [0.5, 0.6) is 5.75 Å². The second-order valence-electron chi connectivity index (χ2n) is 5.89. The quantitative estimate of drug-likeness (QED) is 0.886. The van der Waals surface area contributed by atoms with Crippen LogP contribution in [0.2, 0.25) is 0 Å². The zero-order valence-electron chi connectivity index (χ0n) is 13.0. The monoisotopic (exact) mass is 287 g/mol. The molecule has 1 aromatic carbocycles. The lowest BCUT2D eigenvalue weighted by Gasteiger charge is -2.30. The third kappa shape index (κ3) is 3.05. The van der Waals surface area contributed by atoms with E-state index in [-0.39, 0.29) is 0 Å².